The van der Waals surface area contributed by atoms with Crippen LogP contribution in [0.3, 0.4) is 0 Å². The van der Waals surface area contributed by atoms with Crippen molar-refractivity contribution in [2.24, 2.45) is 0 Å². The number of benzene rings is 2. The zero-order valence-corrected chi connectivity index (χ0v) is 15.6. The van der Waals surface area contributed by atoms with Gasteiger partial charge in [0.25, 0.3) is 5.91 Å². The van der Waals surface area contributed by atoms with Crippen molar-refractivity contribution in [3.05, 3.63) is 69.0 Å². The summed E-state index contributed by atoms with van der Waals surface area (Å²) in [6.07, 6.45) is 0. The molecule has 0 fully saturated rings. The first kappa shape index (κ1) is 18.8. The third-order valence-electron chi connectivity index (χ3n) is 4.03. The van der Waals surface area contributed by atoms with Gasteiger partial charge in [0, 0.05) is 29.6 Å². The number of ether oxygens (including phenoxy) is 2. The topological polar surface area (TPSA) is 77.8 Å². The highest BCUT2D eigenvalue weighted by molar-refractivity contribution is 6.32. The lowest BCUT2D eigenvalue weighted by atomic mass is 10.1. The summed E-state index contributed by atoms with van der Waals surface area (Å²) in [7, 11) is 1.57. The number of para-hydroxylation sites is 1. The number of carbonyl (C=O) groups excluding carboxylic acids is 1. The van der Waals surface area contributed by atoms with E-state index in [-0.39, 0.29) is 18.3 Å². The molecule has 0 aliphatic rings. The number of nitrogens with one attached hydrogen (secondary N) is 1. The number of carbonyl (C=O) groups is 1. The molecule has 0 saturated heterocycles. The van der Waals surface area contributed by atoms with Crippen LogP contribution in [-0.4, -0.2) is 19.6 Å². The van der Waals surface area contributed by atoms with Crippen molar-refractivity contribution in [2.75, 3.05) is 13.7 Å². The zero-order chi connectivity index (χ0) is 19.4. The second-order valence-corrected chi connectivity index (χ2v) is 6.31. The normalized spacial score (nSPS) is 10.6. The summed E-state index contributed by atoms with van der Waals surface area (Å²) in [5.74, 6) is 0.648. The van der Waals surface area contributed by atoms with Crippen LogP contribution >= 0.6 is 11.6 Å². The van der Waals surface area contributed by atoms with Crippen LogP contribution in [0, 0.1) is 6.92 Å². The first-order valence-electron chi connectivity index (χ1n) is 8.23. The van der Waals surface area contributed by atoms with Gasteiger partial charge in [0.05, 0.1) is 12.1 Å². The molecule has 3 rings (SSSR count). The SMILES string of the molecule is COc1ccccc1CNC(=O)COc1cc2oc(=O)cc(C)c2cc1Cl. The Labute approximate surface area is 160 Å². The van der Waals surface area contributed by atoms with Gasteiger partial charge in [-0.2, -0.15) is 0 Å². The van der Waals surface area contributed by atoms with Gasteiger partial charge < -0.3 is 19.2 Å². The molecule has 0 radical (unpaired) electrons. The van der Waals surface area contributed by atoms with Crippen molar-refractivity contribution in [2.45, 2.75) is 13.5 Å². The summed E-state index contributed by atoms with van der Waals surface area (Å²) in [5, 5.41) is 3.80. The van der Waals surface area contributed by atoms with Crippen LogP contribution < -0.4 is 20.4 Å². The first-order valence-corrected chi connectivity index (χ1v) is 8.61. The fourth-order valence-electron chi connectivity index (χ4n) is 2.67. The van der Waals surface area contributed by atoms with Gasteiger partial charge >= 0.3 is 5.63 Å². The maximum absolute atomic E-state index is 12.1. The van der Waals surface area contributed by atoms with E-state index in [0.717, 1.165) is 11.1 Å². The molecule has 3 aromatic rings. The van der Waals surface area contributed by atoms with E-state index >= 15 is 0 Å². The van der Waals surface area contributed by atoms with Crippen LogP contribution in [0.15, 0.2) is 51.7 Å². The molecule has 0 unspecified atom stereocenters. The van der Waals surface area contributed by atoms with Crippen LogP contribution in [0.4, 0.5) is 0 Å². The van der Waals surface area contributed by atoms with Crippen LogP contribution in [-0.2, 0) is 11.3 Å². The zero-order valence-electron chi connectivity index (χ0n) is 14.9. The Morgan fingerprint density at radius 1 is 1.19 bits per heavy atom. The summed E-state index contributed by atoms with van der Waals surface area (Å²) in [6.45, 7) is 1.88. The van der Waals surface area contributed by atoms with E-state index in [1.54, 1.807) is 20.1 Å². The summed E-state index contributed by atoms with van der Waals surface area (Å²) in [5.41, 5.74) is 1.51. The third kappa shape index (κ3) is 4.41. The molecular formula is C20H18ClNO5. The van der Waals surface area contributed by atoms with Crippen molar-refractivity contribution in [3.8, 4) is 11.5 Å². The molecule has 7 heteroatoms. The average Bonchev–Trinajstić information content (AvgIpc) is 2.65. The summed E-state index contributed by atoms with van der Waals surface area (Å²) in [6, 6.07) is 12.0. The largest absolute Gasteiger partial charge is 0.496 e. The van der Waals surface area contributed by atoms with Crippen molar-refractivity contribution >= 4 is 28.5 Å². The van der Waals surface area contributed by atoms with E-state index in [1.807, 2.05) is 24.3 Å². The minimum atomic E-state index is -0.456. The lowest BCUT2D eigenvalue weighted by Crippen LogP contribution is -2.28. The Morgan fingerprint density at radius 3 is 2.74 bits per heavy atom. The summed E-state index contributed by atoms with van der Waals surface area (Å²) < 4.78 is 15.9. The quantitative estimate of drug-likeness (QED) is 0.655. The fourth-order valence-corrected chi connectivity index (χ4v) is 2.89. The van der Waals surface area contributed by atoms with E-state index in [2.05, 4.69) is 5.32 Å². The molecule has 27 heavy (non-hydrogen) atoms. The number of methoxy groups -OCH3 is 1. The van der Waals surface area contributed by atoms with Gasteiger partial charge in [-0.25, -0.2) is 4.79 Å². The molecule has 1 N–H and O–H groups in total. The molecular weight excluding hydrogens is 370 g/mol. The van der Waals surface area contributed by atoms with Crippen LogP contribution in [0.2, 0.25) is 5.02 Å². The second kappa shape index (κ2) is 8.14. The van der Waals surface area contributed by atoms with Crippen molar-refractivity contribution in [1.29, 1.82) is 0 Å². The molecule has 0 aliphatic carbocycles. The van der Waals surface area contributed by atoms with E-state index < -0.39 is 5.63 Å². The predicted molar refractivity (Wildman–Crippen MR) is 103 cm³/mol. The fraction of sp³-hybridized carbons (Fsp3) is 0.200. The summed E-state index contributed by atoms with van der Waals surface area (Å²) in [4.78, 5) is 23.6. The Bertz CT molecular complexity index is 1040. The molecule has 0 spiro atoms. The van der Waals surface area contributed by atoms with Crippen molar-refractivity contribution in [1.82, 2.24) is 5.32 Å². The highest BCUT2D eigenvalue weighted by Crippen LogP contribution is 2.31. The lowest BCUT2D eigenvalue weighted by Gasteiger charge is -2.11. The van der Waals surface area contributed by atoms with Crippen LogP contribution in [0.25, 0.3) is 11.0 Å². The van der Waals surface area contributed by atoms with E-state index in [9.17, 15) is 9.59 Å². The van der Waals surface area contributed by atoms with Gasteiger partial charge in [0.1, 0.15) is 17.1 Å². The maximum atomic E-state index is 12.1. The second-order valence-electron chi connectivity index (χ2n) is 5.90. The number of fused-ring (bicyclic) bond motifs is 1. The molecule has 1 aromatic heterocycles. The molecule has 0 bridgehead atoms. The smallest absolute Gasteiger partial charge is 0.336 e. The van der Waals surface area contributed by atoms with Crippen LogP contribution in [0.1, 0.15) is 11.1 Å². The molecule has 1 amide bonds. The molecule has 0 saturated carbocycles. The summed E-state index contributed by atoms with van der Waals surface area (Å²) >= 11 is 6.22. The number of rotatable bonds is 6. The van der Waals surface area contributed by atoms with E-state index in [0.29, 0.717) is 28.3 Å². The van der Waals surface area contributed by atoms with Gasteiger partial charge in [-0.1, -0.05) is 29.8 Å². The van der Waals surface area contributed by atoms with Gasteiger partial charge in [-0.15, -0.1) is 0 Å². The molecule has 1 heterocycles. The number of hydrogen-bond donors (Lipinski definition) is 1. The third-order valence-corrected chi connectivity index (χ3v) is 4.33. The lowest BCUT2D eigenvalue weighted by molar-refractivity contribution is -0.123. The molecule has 2 aromatic carbocycles. The van der Waals surface area contributed by atoms with Gasteiger partial charge in [0.15, 0.2) is 6.61 Å². The Morgan fingerprint density at radius 2 is 1.96 bits per heavy atom. The van der Waals surface area contributed by atoms with Gasteiger partial charge in [-0.3, -0.25) is 4.79 Å². The highest BCUT2D eigenvalue weighted by atomic mass is 35.5. The Kier molecular flexibility index (Phi) is 5.66. The highest BCUT2D eigenvalue weighted by Gasteiger charge is 2.11. The monoisotopic (exact) mass is 387 g/mol. The Balaban J connectivity index is 1.66. The van der Waals surface area contributed by atoms with Gasteiger partial charge in [-0.05, 0) is 24.6 Å². The van der Waals surface area contributed by atoms with E-state index in [1.165, 1.54) is 12.1 Å². The molecule has 0 aliphatic heterocycles. The van der Waals surface area contributed by atoms with Crippen LogP contribution in [0.5, 0.6) is 11.5 Å². The number of hydrogen-bond acceptors (Lipinski definition) is 5. The molecule has 140 valence electrons. The number of aryl methyl sites for hydroxylation is 1. The minimum absolute atomic E-state index is 0.226. The average molecular weight is 388 g/mol. The minimum Gasteiger partial charge on any atom is -0.496 e. The standard InChI is InChI=1S/C20H18ClNO5/c1-12-7-20(24)27-17-9-18(15(21)8-14(12)17)26-11-19(23)22-10-13-5-3-4-6-16(13)25-2/h3-9H,10-11H2,1-2H3,(H,22,23). The maximum Gasteiger partial charge on any atom is 0.336 e. The molecule has 6 nitrogen and oxygen atoms in total. The predicted octanol–water partition coefficient (Wildman–Crippen LogP) is 3.46. The van der Waals surface area contributed by atoms with Crippen molar-refractivity contribution < 1.29 is 18.7 Å². The Hall–Kier alpha value is -2.99. The molecule has 0 atom stereocenters. The number of amides is 1. The van der Waals surface area contributed by atoms with E-state index in [4.69, 9.17) is 25.5 Å². The van der Waals surface area contributed by atoms with Gasteiger partial charge in [0.2, 0.25) is 0 Å². The van der Waals surface area contributed by atoms with Crippen molar-refractivity contribution in [3.63, 3.8) is 0 Å². The number of halogens is 1. The first-order chi connectivity index (χ1) is 13.0.